The zero-order valence-corrected chi connectivity index (χ0v) is 15.4. The second-order valence-corrected chi connectivity index (χ2v) is 6.93. The van der Waals surface area contributed by atoms with Crippen LogP contribution in [-0.2, 0) is 11.8 Å². The van der Waals surface area contributed by atoms with Crippen molar-refractivity contribution in [2.24, 2.45) is 7.05 Å². The van der Waals surface area contributed by atoms with Crippen molar-refractivity contribution < 1.29 is 9.53 Å². The van der Waals surface area contributed by atoms with Gasteiger partial charge in [0.05, 0.1) is 12.3 Å². The van der Waals surface area contributed by atoms with E-state index in [2.05, 4.69) is 25.5 Å². The van der Waals surface area contributed by atoms with E-state index >= 15 is 0 Å². The molecule has 1 unspecified atom stereocenters. The number of amides is 1. The van der Waals surface area contributed by atoms with E-state index in [9.17, 15) is 4.79 Å². The molecule has 0 saturated carbocycles. The minimum atomic E-state index is -0.0482. The van der Waals surface area contributed by atoms with E-state index in [4.69, 9.17) is 4.74 Å². The van der Waals surface area contributed by atoms with Gasteiger partial charge in [-0.1, -0.05) is 11.8 Å². The fraction of sp³-hybridized carbons (Fsp3) is 0.600. The van der Waals surface area contributed by atoms with Crippen LogP contribution in [0.5, 0.6) is 5.88 Å². The number of carbonyl (C=O) groups is 1. The fourth-order valence-corrected chi connectivity index (χ4v) is 3.49. The van der Waals surface area contributed by atoms with Crippen LogP contribution >= 0.6 is 11.8 Å². The Morgan fingerprint density at radius 3 is 2.96 bits per heavy atom. The Balaban J connectivity index is 1.55. The highest BCUT2D eigenvalue weighted by atomic mass is 32.2. The van der Waals surface area contributed by atoms with Crippen molar-refractivity contribution in [3.63, 3.8) is 0 Å². The molecule has 134 valence electrons. The molecule has 0 aromatic carbocycles. The van der Waals surface area contributed by atoms with Crippen LogP contribution in [0.3, 0.4) is 0 Å². The molecular formula is C15H21N7O2S. The molecule has 0 N–H and O–H groups in total. The number of carbonyl (C=O) groups excluding carboxylic acids is 1. The van der Waals surface area contributed by atoms with Crippen LogP contribution in [0.1, 0.15) is 24.4 Å². The maximum atomic E-state index is 12.5. The Hall–Kier alpha value is -2.23. The number of hydrogen-bond acceptors (Lipinski definition) is 8. The summed E-state index contributed by atoms with van der Waals surface area (Å²) < 4.78 is 7.53. The molecule has 1 aliphatic rings. The minimum absolute atomic E-state index is 0.0482. The third-order valence-corrected chi connectivity index (χ3v) is 4.86. The summed E-state index contributed by atoms with van der Waals surface area (Å²) in [5.41, 5.74) is 0.875. The van der Waals surface area contributed by atoms with Crippen LogP contribution < -0.4 is 4.74 Å². The zero-order valence-electron chi connectivity index (χ0n) is 14.5. The third kappa shape index (κ3) is 4.65. The summed E-state index contributed by atoms with van der Waals surface area (Å²) in [6.07, 6.45) is 1.77. The Kier molecular flexibility index (Phi) is 5.47. The number of tetrazole rings is 1. The van der Waals surface area contributed by atoms with Gasteiger partial charge >= 0.3 is 0 Å². The SMILES string of the molecule is Cc1cc(OC2CCCN(C(=O)CSc3nnnn3C)C2)nc(C)n1. The molecule has 3 rings (SSSR count). The van der Waals surface area contributed by atoms with Gasteiger partial charge < -0.3 is 9.64 Å². The van der Waals surface area contributed by atoms with E-state index in [1.54, 1.807) is 11.7 Å². The van der Waals surface area contributed by atoms with E-state index in [1.807, 2.05) is 24.8 Å². The summed E-state index contributed by atoms with van der Waals surface area (Å²) in [6, 6.07) is 1.82. The molecule has 1 atom stereocenters. The first-order chi connectivity index (χ1) is 12.0. The maximum Gasteiger partial charge on any atom is 0.233 e. The van der Waals surface area contributed by atoms with Crippen molar-refractivity contribution in [1.29, 1.82) is 0 Å². The second kappa shape index (κ2) is 7.77. The number of aromatic nitrogens is 6. The Bertz CT molecular complexity index is 731. The van der Waals surface area contributed by atoms with Crippen LogP contribution in [0, 0.1) is 13.8 Å². The van der Waals surface area contributed by atoms with Gasteiger partial charge in [-0.15, -0.1) is 5.10 Å². The standard InChI is InChI=1S/C15H21N7O2S/c1-10-7-13(17-11(2)16-10)24-12-5-4-6-22(8-12)14(23)9-25-15-18-19-20-21(15)3/h7,12H,4-6,8-9H2,1-3H3. The summed E-state index contributed by atoms with van der Waals surface area (Å²) in [5.74, 6) is 1.64. The first-order valence-corrected chi connectivity index (χ1v) is 9.11. The average Bonchev–Trinajstić information content (AvgIpc) is 2.97. The lowest BCUT2D eigenvalue weighted by molar-refractivity contribution is -0.130. The number of ether oxygens (including phenoxy) is 1. The molecule has 2 aromatic rings. The number of rotatable bonds is 5. The predicted molar refractivity (Wildman–Crippen MR) is 91.3 cm³/mol. The van der Waals surface area contributed by atoms with Gasteiger partial charge in [0.15, 0.2) is 0 Å². The average molecular weight is 363 g/mol. The molecule has 0 aliphatic carbocycles. The molecule has 1 fully saturated rings. The van der Waals surface area contributed by atoms with Gasteiger partial charge in [-0.3, -0.25) is 4.79 Å². The summed E-state index contributed by atoms with van der Waals surface area (Å²) in [6.45, 7) is 5.07. The molecule has 25 heavy (non-hydrogen) atoms. The third-order valence-electron chi connectivity index (χ3n) is 3.87. The topological polar surface area (TPSA) is 98.9 Å². The number of hydrogen-bond donors (Lipinski definition) is 0. The predicted octanol–water partition coefficient (Wildman–Crippen LogP) is 0.779. The van der Waals surface area contributed by atoms with Gasteiger partial charge in [-0.25, -0.2) is 9.67 Å². The summed E-state index contributed by atoms with van der Waals surface area (Å²) >= 11 is 1.34. The maximum absolute atomic E-state index is 12.5. The van der Waals surface area contributed by atoms with E-state index in [-0.39, 0.29) is 12.0 Å². The highest BCUT2D eigenvalue weighted by Gasteiger charge is 2.25. The quantitative estimate of drug-likeness (QED) is 0.719. The molecule has 0 spiro atoms. The molecule has 1 aliphatic heterocycles. The Morgan fingerprint density at radius 1 is 1.40 bits per heavy atom. The largest absolute Gasteiger partial charge is 0.472 e. The number of piperidine rings is 1. The second-order valence-electron chi connectivity index (χ2n) is 5.99. The molecule has 9 nitrogen and oxygen atoms in total. The molecule has 1 amide bonds. The summed E-state index contributed by atoms with van der Waals surface area (Å²) in [5, 5.41) is 11.8. The van der Waals surface area contributed by atoms with Crippen LogP contribution in [0.25, 0.3) is 0 Å². The molecule has 0 radical (unpaired) electrons. The molecule has 0 bridgehead atoms. The number of nitrogens with zero attached hydrogens (tertiary/aromatic N) is 7. The normalized spacial score (nSPS) is 17.6. The van der Waals surface area contributed by atoms with Crippen molar-refractivity contribution in [3.8, 4) is 5.88 Å². The lowest BCUT2D eigenvalue weighted by atomic mass is 10.1. The molecule has 2 aromatic heterocycles. The van der Waals surface area contributed by atoms with E-state index in [1.165, 1.54) is 11.8 Å². The highest BCUT2D eigenvalue weighted by molar-refractivity contribution is 7.99. The highest BCUT2D eigenvalue weighted by Crippen LogP contribution is 2.19. The van der Waals surface area contributed by atoms with Gasteiger partial charge in [-0.2, -0.15) is 4.98 Å². The van der Waals surface area contributed by atoms with Gasteiger partial charge in [0, 0.05) is 25.4 Å². The minimum Gasteiger partial charge on any atom is -0.472 e. The number of thioether (sulfide) groups is 1. The van der Waals surface area contributed by atoms with Gasteiger partial charge in [-0.05, 0) is 37.1 Å². The molecule has 10 heteroatoms. The fourth-order valence-electron chi connectivity index (χ4n) is 2.74. The Morgan fingerprint density at radius 2 is 2.24 bits per heavy atom. The first-order valence-electron chi connectivity index (χ1n) is 8.13. The molecule has 1 saturated heterocycles. The summed E-state index contributed by atoms with van der Waals surface area (Å²) in [4.78, 5) is 22.9. The van der Waals surface area contributed by atoms with Crippen molar-refractivity contribution in [2.75, 3.05) is 18.8 Å². The lowest BCUT2D eigenvalue weighted by Crippen LogP contribution is -2.45. The molecular weight excluding hydrogens is 342 g/mol. The van der Waals surface area contributed by atoms with Crippen LogP contribution in [0.15, 0.2) is 11.2 Å². The van der Waals surface area contributed by atoms with Crippen molar-refractivity contribution in [2.45, 2.75) is 37.9 Å². The van der Waals surface area contributed by atoms with Crippen molar-refractivity contribution in [3.05, 3.63) is 17.6 Å². The lowest BCUT2D eigenvalue weighted by Gasteiger charge is -2.32. The number of likely N-dealkylation sites (tertiary alicyclic amines) is 1. The van der Waals surface area contributed by atoms with Gasteiger partial charge in [0.2, 0.25) is 16.9 Å². The van der Waals surface area contributed by atoms with Gasteiger partial charge in [0.1, 0.15) is 11.9 Å². The smallest absolute Gasteiger partial charge is 0.233 e. The van der Waals surface area contributed by atoms with Gasteiger partial charge in [0.25, 0.3) is 0 Å². The van der Waals surface area contributed by atoms with Crippen molar-refractivity contribution in [1.82, 2.24) is 35.1 Å². The van der Waals surface area contributed by atoms with Crippen LogP contribution in [0.4, 0.5) is 0 Å². The zero-order chi connectivity index (χ0) is 17.8. The van der Waals surface area contributed by atoms with E-state index in [0.29, 0.717) is 29.2 Å². The first kappa shape index (κ1) is 17.6. The number of aryl methyl sites for hydroxylation is 3. The van der Waals surface area contributed by atoms with Crippen LogP contribution in [0.2, 0.25) is 0 Å². The summed E-state index contributed by atoms with van der Waals surface area (Å²) in [7, 11) is 1.75. The molecule has 3 heterocycles. The monoisotopic (exact) mass is 363 g/mol. The van der Waals surface area contributed by atoms with Crippen molar-refractivity contribution >= 4 is 17.7 Å². The Labute approximate surface area is 150 Å². The van der Waals surface area contributed by atoms with E-state index in [0.717, 1.165) is 25.1 Å². The van der Waals surface area contributed by atoms with E-state index < -0.39 is 0 Å². The van der Waals surface area contributed by atoms with Crippen LogP contribution in [-0.4, -0.2) is 65.9 Å².